The fourth-order valence-electron chi connectivity index (χ4n) is 8.07. The van der Waals surface area contributed by atoms with E-state index in [1.807, 2.05) is 20.0 Å². The minimum atomic E-state index is -4.63. The highest BCUT2D eigenvalue weighted by atomic mass is 19.4. The number of halogens is 3. The fourth-order valence-corrected chi connectivity index (χ4v) is 8.07. The summed E-state index contributed by atoms with van der Waals surface area (Å²) in [6, 6.07) is 13.5. The number of amides is 3. The van der Waals surface area contributed by atoms with Crippen LogP contribution in [0.5, 0.6) is 5.75 Å². The van der Waals surface area contributed by atoms with E-state index in [2.05, 4.69) is 44.8 Å². The Balaban J connectivity index is 0.931. The van der Waals surface area contributed by atoms with Gasteiger partial charge in [0.1, 0.15) is 22.9 Å². The number of hydrogen-bond donors (Lipinski definition) is 2. The zero-order valence-electron chi connectivity index (χ0n) is 30.0. The largest absolute Gasteiger partial charge is 0.490 e. The Morgan fingerprint density at radius 2 is 1.64 bits per heavy atom. The highest BCUT2D eigenvalue weighted by molar-refractivity contribution is 6.06. The lowest BCUT2D eigenvalue weighted by molar-refractivity contribution is -0.141. The van der Waals surface area contributed by atoms with Crippen molar-refractivity contribution in [3.63, 3.8) is 0 Å². The number of hydrogen-bond acceptors (Lipinski definition) is 7. The molecule has 7 rings (SSSR count). The summed E-state index contributed by atoms with van der Waals surface area (Å²) in [6.45, 7) is 6.89. The highest BCUT2D eigenvalue weighted by Crippen LogP contribution is 2.38. The van der Waals surface area contributed by atoms with Crippen LogP contribution in [0.25, 0.3) is 5.65 Å². The van der Waals surface area contributed by atoms with E-state index >= 15 is 0 Å². The van der Waals surface area contributed by atoms with Crippen LogP contribution in [0.15, 0.2) is 60.9 Å². The number of imidazole rings is 1. The quantitative estimate of drug-likeness (QED) is 0.172. The molecule has 2 aliphatic heterocycles. The van der Waals surface area contributed by atoms with Gasteiger partial charge in [-0.25, -0.2) is 9.97 Å². The Morgan fingerprint density at radius 3 is 2.32 bits per heavy atom. The Bertz CT molecular complexity index is 1960. The number of benzene rings is 1. The number of likely N-dealkylation sites (tertiary alicyclic amines) is 1. The van der Waals surface area contributed by atoms with Gasteiger partial charge in [0, 0.05) is 37.3 Å². The molecular weight excluding hydrogens is 685 g/mol. The number of pyridine rings is 2. The number of fused-ring (bicyclic) bond motifs is 1. The van der Waals surface area contributed by atoms with E-state index in [1.54, 1.807) is 16.7 Å². The zero-order chi connectivity index (χ0) is 37.3. The number of nitrogens with one attached hydrogen (secondary N) is 2. The fraction of sp³-hybridized carbons (Fsp3) is 0.475. The lowest BCUT2D eigenvalue weighted by Gasteiger charge is -2.36. The van der Waals surface area contributed by atoms with Gasteiger partial charge in [-0.1, -0.05) is 30.3 Å². The van der Waals surface area contributed by atoms with Crippen LogP contribution in [0.4, 0.5) is 19.0 Å². The molecule has 3 amide bonds. The standard InChI is InChI=1S/C40H45F3N6O4/c1-24(2)53-33-20-36-44-32(23-49(36)22-31(33)39(52)46-35-5-3-4-34(45-35)40(41,42)43)29-8-6-25(7-9-29)21-48-18-16-27(17-19-48)26-10-12-28(13-11-26)30-14-15-37(50)47-38(30)51/h3-5,10-13,20,22-25,27,29-30H,6-9,14-19,21H2,1-2H3,(H,45,46,52)(H,47,50,51). The first-order valence-corrected chi connectivity index (χ1v) is 18.6. The van der Waals surface area contributed by atoms with Gasteiger partial charge in [0.2, 0.25) is 11.8 Å². The summed E-state index contributed by atoms with van der Waals surface area (Å²) >= 11 is 0. The summed E-state index contributed by atoms with van der Waals surface area (Å²) in [6.07, 6.45) is 6.11. The molecule has 2 saturated heterocycles. The van der Waals surface area contributed by atoms with Crippen molar-refractivity contribution >= 4 is 29.2 Å². The molecule has 1 unspecified atom stereocenters. The van der Waals surface area contributed by atoms with E-state index in [9.17, 15) is 27.6 Å². The molecule has 0 spiro atoms. The molecule has 0 radical (unpaired) electrons. The van der Waals surface area contributed by atoms with Crippen LogP contribution in [0.3, 0.4) is 0 Å². The van der Waals surface area contributed by atoms with Crippen molar-refractivity contribution in [2.24, 2.45) is 5.92 Å². The maximum absolute atomic E-state index is 13.3. The third kappa shape index (κ3) is 8.56. The molecule has 10 nitrogen and oxygen atoms in total. The maximum atomic E-state index is 13.3. The molecule has 1 aromatic carbocycles. The van der Waals surface area contributed by atoms with Crippen molar-refractivity contribution in [1.29, 1.82) is 0 Å². The second kappa shape index (κ2) is 15.3. The van der Waals surface area contributed by atoms with Crippen LogP contribution in [-0.4, -0.2) is 62.7 Å². The lowest BCUT2D eigenvalue weighted by atomic mass is 9.80. The first-order chi connectivity index (χ1) is 25.4. The zero-order valence-corrected chi connectivity index (χ0v) is 30.0. The smallest absolute Gasteiger partial charge is 0.433 e. The average molecular weight is 731 g/mol. The van der Waals surface area contributed by atoms with Gasteiger partial charge >= 0.3 is 6.18 Å². The second-order valence-electron chi connectivity index (χ2n) is 15.0. The van der Waals surface area contributed by atoms with E-state index in [0.717, 1.165) is 75.5 Å². The van der Waals surface area contributed by atoms with Crippen molar-refractivity contribution < 1.29 is 32.3 Å². The molecule has 3 fully saturated rings. The van der Waals surface area contributed by atoms with Gasteiger partial charge < -0.3 is 19.4 Å². The van der Waals surface area contributed by atoms with Crippen molar-refractivity contribution in [1.82, 2.24) is 24.6 Å². The van der Waals surface area contributed by atoms with Gasteiger partial charge in [-0.3, -0.25) is 19.7 Å². The summed E-state index contributed by atoms with van der Waals surface area (Å²) in [5.41, 5.74) is 2.97. The maximum Gasteiger partial charge on any atom is 0.433 e. The Kier molecular flexibility index (Phi) is 10.6. The number of ether oxygens (including phenoxy) is 1. The van der Waals surface area contributed by atoms with E-state index in [4.69, 9.17) is 9.72 Å². The number of carbonyl (C=O) groups is 3. The van der Waals surface area contributed by atoms with E-state index in [0.29, 0.717) is 42.0 Å². The van der Waals surface area contributed by atoms with Gasteiger partial charge in [0.05, 0.1) is 23.3 Å². The molecule has 4 aromatic rings. The van der Waals surface area contributed by atoms with Crippen molar-refractivity contribution in [2.45, 2.75) is 95.2 Å². The van der Waals surface area contributed by atoms with Crippen LogP contribution < -0.4 is 15.4 Å². The number of anilines is 1. The summed E-state index contributed by atoms with van der Waals surface area (Å²) < 4.78 is 47.4. The molecule has 3 aliphatic rings. The first kappa shape index (κ1) is 36.6. The second-order valence-corrected chi connectivity index (χ2v) is 15.0. The molecule has 3 aromatic heterocycles. The highest BCUT2D eigenvalue weighted by Gasteiger charge is 2.33. The van der Waals surface area contributed by atoms with Crippen LogP contribution in [0, 0.1) is 5.92 Å². The molecular formula is C40H45F3N6O4. The summed E-state index contributed by atoms with van der Waals surface area (Å²) in [5, 5.41) is 4.95. The number of imide groups is 1. The van der Waals surface area contributed by atoms with Crippen molar-refractivity contribution in [2.75, 3.05) is 25.0 Å². The SMILES string of the molecule is CC(C)Oc1cc2nc(C3CCC(CN4CCC(c5ccc(C6CCC(=O)NC6=O)cc5)CC4)CC3)cn2cc1C(=O)Nc1cccc(C(F)(F)F)n1. The third-order valence-electron chi connectivity index (χ3n) is 10.9. The number of carbonyl (C=O) groups excluding carboxylic acids is 3. The number of nitrogens with zero attached hydrogens (tertiary/aromatic N) is 4. The third-order valence-corrected chi connectivity index (χ3v) is 10.9. The van der Waals surface area contributed by atoms with Crippen molar-refractivity contribution in [3.05, 3.63) is 89.0 Å². The number of aromatic nitrogens is 3. The molecule has 1 saturated carbocycles. The predicted octanol–water partition coefficient (Wildman–Crippen LogP) is 7.46. The van der Waals surface area contributed by atoms with Gasteiger partial charge in [0.15, 0.2) is 0 Å². The number of alkyl halides is 3. The van der Waals surface area contributed by atoms with Crippen LogP contribution in [-0.2, 0) is 15.8 Å². The van der Waals surface area contributed by atoms with Gasteiger partial charge in [0.25, 0.3) is 5.91 Å². The normalized spacial score (nSPS) is 21.9. The van der Waals surface area contributed by atoms with Crippen LogP contribution in [0.1, 0.15) is 116 Å². The molecule has 13 heteroatoms. The average Bonchev–Trinajstić information content (AvgIpc) is 3.55. The van der Waals surface area contributed by atoms with Gasteiger partial charge in [-0.05, 0) is 107 Å². The van der Waals surface area contributed by atoms with E-state index in [-0.39, 0.29) is 35.2 Å². The first-order valence-electron chi connectivity index (χ1n) is 18.6. The van der Waals surface area contributed by atoms with E-state index < -0.39 is 17.8 Å². The van der Waals surface area contributed by atoms with Crippen LogP contribution >= 0.6 is 0 Å². The minimum absolute atomic E-state index is 0.172. The topological polar surface area (TPSA) is 118 Å². The summed E-state index contributed by atoms with van der Waals surface area (Å²) in [5.74, 6) is 0.242. The van der Waals surface area contributed by atoms with Crippen molar-refractivity contribution in [3.8, 4) is 5.75 Å². The minimum Gasteiger partial charge on any atom is -0.490 e. The Hall–Kier alpha value is -4.78. The summed E-state index contributed by atoms with van der Waals surface area (Å²) in [7, 11) is 0. The molecule has 2 N–H and O–H groups in total. The predicted molar refractivity (Wildman–Crippen MR) is 193 cm³/mol. The van der Waals surface area contributed by atoms with Crippen LogP contribution in [0.2, 0.25) is 0 Å². The van der Waals surface area contributed by atoms with Gasteiger partial charge in [-0.15, -0.1) is 0 Å². The lowest BCUT2D eigenvalue weighted by Crippen LogP contribution is -2.39. The molecule has 1 aliphatic carbocycles. The summed E-state index contributed by atoms with van der Waals surface area (Å²) in [4.78, 5) is 48.2. The Morgan fingerprint density at radius 1 is 0.925 bits per heavy atom. The molecule has 53 heavy (non-hydrogen) atoms. The molecule has 280 valence electrons. The number of piperidine rings is 2. The molecule has 1 atom stereocenters. The number of rotatable bonds is 9. The monoisotopic (exact) mass is 730 g/mol. The van der Waals surface area contributed by atoms with Gasteiger partial charge in [-0.2, -0.15) is 13.2 Å². The Labute approximate surface area is 306 Å². The van der Waals surface area contributed by atoms with E-state index in [1.165, 1.54) is 17.7 Å². The molecule has 5 heterocycles. The molecule has 0 bridgehead atoms.